The molecule has 0 radical (unpaired) electrons. The zero-order valence-electron chi connectivity index (χ0n) is 11.7. The summed E-state index contributed by atoms with van der Waals surface area (Å²) in [4.78, 5) is 0. The maximum absolute atomic E-state index is 10.0. The molecular weight excluding hydrogens is 282 g/mol. The van der Waals surface area contributed by atoms with E-state index in [-0.39, 0.29) is 5.75 Å². The highest BCUT2D eigenvalue weighted by Gasteiger charge is 2.18. The Morgan fingerprint density at radius 1 is 0.909 bits per heavy atom. The standard InChI is InChI=1S/C17H13NO4/c19-14-4-2-1-3-12(14)17-13(10-22-18-17)11-5-6-15-16(9-11)21-8-7-20-15/h1-6,9-10,19H,7-8H2. The van der Waals surface area contributed by atoms with Crippen LogP contribution in [0.3, 0.4) is 0 Å². The van der Waals surface area contributed by atoms with Crippen LogP contribution in [0.15, 0.2) is 53.3 Å². The predicted molar refractivity (Wildman–Crippen MR) is 80.0 cm³/mol. The number of benzene rings is 2. The number of aromatic nitrogens is 1. The summed E-state index contributed by atoms with van der Waals surface area (Å²) in [5, 5.41) is 14.0. The molecule has 2 heterocycles. The highest BCUT2D eigenvalue weighted by molar-refractivity contribution is 5.83. The number of aromatic hydroxyl groups is 1. The Hall–Kier alpha value is -2.95. The van der Waals surface area contributed by atoms with Gasteiger partial charge in [0.1, 0.15) is 30.9 Å². The third-order valence-corrected chi connectivity index (χ3v) is 3.58. The van der Waals surface area contributed by atoms with Gasteiger partial charge < -0.3 is 19.1 Å². The van der Waals surface area contributed by atoms with E-state index in [1.807, 2.05) is 24.3 Å². The van der Waals surface area contributed by atoms with Gasteiger partial charge in [0.25, 0.3) is 0 Å². The first kappa shape index (κ1) is 12.8. The molecule has 2 aromatic carbocycles. The van der Waals surface area contributed by atoms with E-state index in [0.29, 0.717) is 30.2 Å². The van der Waals surface area contributed by atoms with Crippen molar-refractivity contribution in [2.75, 3.05) is 13.2 Å². The third kappa shape index (κ3) is 2.07. The highest BCUT2D eigenvalue weighted by atomic mass is 16.6. The van der Waals surface area contributed by atoms with E-state index in [2.05, 4.69) is 5.16 Å². The van der Waals surface area contributed by atoms with Gasteiger partial charge in [-0.3, -0.25) is 0 Å². The number of para-hydroxylation sites is 1. The van der Waals surface area contributed by atoms with E-state index in [9.17, 15) is 5.11 Å². The van der Waals surface area contributed by atoms with Gasteiger partial charge >= 0.3 is 0 Å². The van der Waals surface area contributed by atoms with Gasteiger partial charge in [-0.25, -0.2) is 0 Å². The fourth-order valence-electron chi connectivity index (χ4n) is 2.52. The number of phenols is 1. The Kier molecular flexibility index (Phi) is 2.96. The molecule has 1 aliphatic heterocycles. The molecule has 0 bridgehead atoms. The summed E-state index contributed by atoms with van der Waals surface area (Å²) in [6.07, 6.45) is 1.56. The maximum Gasteiger partial charge on any atom is 0.161 e. The van der Waals surface area contributed by atoms with Gasteiger partial charge in [-0.2, -0.15) is 0 Å². The minimum absolute atomic E-state index is 0.162. The number of rotatable bonds is 2. The molecule has 110 valence electrons. The average molecular weight is 295 g/mol. The Labute approximate surface area is 126 Å². The van der Waals surface area contributed by atoms with Gasteiger partial charge in [-0.15, -0.1) is 0 Å². The zero-order valence-corrected chi connectivity index (χ0v) is 11.7. The molecule has 0 saturated heterocycles. The SMILES string of the molecule is Oc1ccccc1-c1nocc1-c1ccc2c(c1)OCCO2. The van der Waals surface area contributed by atoms with Crippen molar-refractivity contribution in [1.29, 1.82) is 0 Å². The highest BCUT2D eigenvalue weighted by Crippen LogP contribution is 2.39. The molecule has 0 spiro atoms. The molecule has 1 aromatic heterocycles. The smallest absolute Gasteiger partial charge is 0.161 e. The molecule has 1 N–H and O–H groups in total. The van der Waals surface area contributed by atoms with Gasteiger partial charge in [0.15, 0.2) is 11.5 Å². The second-order valence-electron chi connectivity index (χ2n) is 4.95. The minimum Gasteiger partial charge on any atom is -0.507 e. The number of ether oxygens (including phenoxy) is 2. The monoisotopic (exact) mass is 295 g/mol. The lowest BCUT2D eigenvalue weighted by Crippen LogP contribution is -2.15. The van der Waals surface area contributed by atoms with Crippen LogP contribution in [0.5, 0.6) is 17.2 Å². The van der Waals surface area contributed by atoms with Gasteiger partial charge in [-0.1, -0.05) is 23.4 Å². The van der Waals surface area contributed by atoms with E-state index in [1.165, 1.54) is 0 Å². The van der Waals surface area contributed by atoms with Crippen LogP contribution in [0.4, 0.5) is 0 Å². The summed E-state index contributed by atoms with van der Waals surface area (Å²) in [6.45, 7) is 1.09. The van der Waals surface area contributed by atoms with Crippen LogP contribution in [0, 0.1) is 0 Å². The minimum atomic E-state index is 0.162. The van der Waals surface area contributed by atoms with E-state index < -0.39 is 0 Å². The van der Waals surface area contributed by atoms with E-state index >= 15 is 0 Å². The number of nitrogens with zero attached hydrogens (tertiary/aromatic N) is 1. The van der Waals surface area contributed by atoms with Crippen LogP contribution in [0.2, 0.25) is 0 Å². The molecule has 4 rings (SSSR count). The summed E-state index contributed by atoms with van der Waals surface area (Å²) in [5.74, 6) is 1.60. The molecule has 5 heteroatoms. The molecule has 5 nitrogen and oxygen atoms in total. The lowest BCUT2D eigenvalue weighted by molar-refractivity contribution is 0.171. The summed E-state index contributed by atoms with van der Waals surface area (Å²) < 4.78 is 16.3. The van der Waals surface area contributed by atoms with Crippen molar-refractivity contribution in [3.05, 3.63) is 48.7 Å². The van der Waals surface area contributed by atoms with Crippen LogP contribution < -0.4 is 9.47 Å². The summed E-state index contributed by atoms with van der Waals surface area (Å²) in [6, 6.07) is 12.7. The zero-order chi connectivity index (χ0) is 14.9. The second kappa shape index (κ2) is 5.11. The van der Waals surface area contributed by atoms with E-state index in [4.69, 9.17) is 14.0 Å². The predicted octanol–water partition coefficient (Wildman–Crippen LogP) is 3.49. The largest absolute Gasteiger partial charge is 0.507 e. The number of hydrogen-bond donors (Lipinski definition) is 1. The van der Waals surface area contributed by atoms with Crippen molar-refractivity contribution in [3.8, 4) is 39.6 Å². The molecule has 0 aliphatic carbocycles. The third-order valence-electron chi connectivity index (χ3n) is 3.58. The number of phenolic OH excluding ortho intramolecular Hbond substituents is 1. The Morgan fingerprint density at radius 2 is 1.73 bits per heavy atom. The number of fused-ring (bicyclic) bond motifs is 1. The van der Waals surface area contributed by atoms with Crippen LogP contribution in [-0.2, 0) is 0 Å². The van der Waals surface area contributed by atoms with Crippen molar-refractivity contribution in [1.82, 2.24) is 5.16 Å². The normalized spacial score (nSPS) is 13.1. The maximum atomic E-state index is 10.0. The van der Waals surface area contributed by atoms with Crippen molar-refractivity contribution < 1.29 is 19.1 Å². The Balaban J connectivity index is 1.82. The van der Waals surface area contributed by atoms with Crippen molar-refractivity contribution in [3.63, 3.8) is 0 Å². The Morgan fingerprint density at radius 3 is 2.59 bits per heavy atom. The fraction of sp³-hybridized carbons (Fsp3) is 0.118. The molecule has 22 heavy (non-hydrogen) atoms. The first-order valence-electron chi connectivity index (χ1n) is 6.96. The van der Waals surface area contributed by atoms with Gasteiger partial charge in [-0.05, 0) is 29.8 Å². The first-order valence-corrected chi connectivity index (χ1v) is 6.96. The van der Waals surface area contributed by atoms with Crippen LogP contribution in [0.25, 0.3) is 22.4 Å². The van der Waals surface area contributed by atoms with Crippen LogP contribution >= 0.6 is 0 Å². The summed E-state index contributed by atoms with van der Waals surface area (Å²) >= 11 is 0. The topological polar surface area (TPSA) is 64.7 Å². The molecule has 0 saturated carbocycles. The van der Waals surface area contributed by atoms with E-state index in [1.54, 1.807) is 24.5 Å². The molecule has 3 aromatic rings. The van der Waals surface area contributed by atoms with E-state index in [0.717, 1.165) is 16.9 Å². The fourth-order valence-corrected chi connectivity index (χ4v) is 2.52. The lowest BCUT2D eigenvalue weighted by atomic mass is 10.0. The number of hydrogen-bond acceptors (Lipinski definition) is 5. The quantitative estimate of drug-likeness (QED) is 0.784. The van der Waals surface area contributed by atoms with Crippen molar-refractivity contribution in [2.24, 2.45) is 0 Å². The molecule has 0 unspecified atom stereocenters. The van der Waals surface area contributed by atoms with Crippen LogP contribution in [0.1, 0.15) is 0 Å². The molecular formula is C17H13NO4. The molecule has 0 fully saturated rings. The summed E-state index contributed by atoms with van der Waals surface area (Å²) in [7, 11) is 0. The van der Waals surface area contributed by atoms with Gasteiger partial charge in [0, 0.05) is 11.1 Å². The average Bonchev–Trinajstić information content (AvgIpc) is 3.04. The first-order chi connectivity index (χ1) is 10.8. The molecule has 0 atom stereocenters. The lowest BCUT2D eigenvalue weighted by Gasteiger charge is -2.18. The molecule has 1 aliphatic rings. The van der Waals surface area contributed by atoms with Gasteiger partial charge in [0.2, 0.25) is 0 Å². The van der Waals surface area contributed by atoms with Gasteiger partial charge in [0.05, 0.1) is 0 Å². The summed E-state index contributed by atoms with van der Waals surface area (Å²) in [5.41, 5.74) is 2.90. The van der Waals surface area contributed by atoms with Crippen LogP contribution in [-0.4, -0.2) is 23.5 Å². The second-order valence-corrected chi connectivity index (χ2v) is 4.95. The van der Waals surface area contributed by atoms with Crippen molar-refractivity contribution in [2.45, 2.75) is 0 Å². The molecule has 0 amide bonds. The van der Waals surface area contributed by atoms with Crippen molar-refractivity contribution >= 4 is 0 Å². The Bertz CT molecular complexity index is 825.